The van der Waals surface area contributed by atoms with Crippen molar-refractivity contribution in [2.75, 3.05) is 6.61 Å². The zero-order valence-corrected chi connectivity index (χ0v) is 20.0. The molecule has 0 radical (unpaired) electrons. The van der Waals surface area contributed by atoms with E-state index in [1.165, 1.54) is 6.07 Å². The number of sulfonamides is 1. The van der Waals surface area contributed by atoms with E-state index in [-0.39, 0.29) is 11.5 Å². The fraction of sp³-hybridized carbons (Fsp3) is 0.238. The molecule has 7 nitrogen and oxygen atoms in total. The fourth-order valence-corrected chi connectivity index (χ4v) is 4.52. The zero-order chi connectivity index (χ0) is 22.1. The fourth-order valence-electron chi connectivity index (χ4n) is 3.09. The molecule has 0 aliphatic rings. The molecule has 0 atom stereocenters. The van der Waals surface area contributed by atoms with E-state index in [0.29, 0.717) is 11.1 Å². The maximum absolute atomic E-state index is 12.8. The summed E-state index contributed by atoms with van der Waals surface area (Å²) in [6.07, 6.45) is -1.00. The van der Waals surface area contributed by atoms with Crippen LogP contribution < -0.4 is 4.72 Å². The summed E-state index contributed by atoms with van der Waals surface area (Å²) in [6.45, 7) is 7.52. The van der Waals surface area contributed by atoms with Gasteiger partial charge in [0.25, 0.3) is 10.0 Å². The lowest BCUT2D eigenvalue weighted by atomic mass is 10.0. The van der Waals surface area contributed by atoms with Gasteiger partial charge >= 0.3 is 6.09 Å². The van der Waals surface area contributed by atoms with Crippen LogP contribution in [0, 0.1) is 24.3 Å². The number of benzene rings is 2. The number of halogens is 1. The minimum atomic E-state index is -4.09. The van der Waals surface area contributed by atoms with Crippen LogP contribution in [0.5, 0.6) is 0 Å². The molecule has 1 N–H and O–H groups in total. The number of carbonyl (C=O) groups is 1. The van der Waals surface area contributed by atoms with Gasteiger partial charge in [0, 0.05) is 5.56 Å². The van der Waals surface area contributed by atoms with E-state index in [1.807, 2.05) is 54.4 Å². The van der Waals surface area contributed by atoms with Crippen molar-refractivity contribution in [2.45, 2.75) is 32.6 Å². The van der Waals surface area contributed by atoms with Crippen molar-refractivity contribution in [3.8, 4) is 16.8 Å². The topological polar surface area (TPSA) is 90.3 Å². The van der Waals surface area contributed by atoms with Crippen LogP contribution in [0.3, 0.4) is 0 Å². The molecular weight excluding hydrogens is 517 g/mol. The molecule has 0 unspecified atom stereocenters. The quantitative estimate of drug-likeness (QED) is 0.483. The van der Waals surface area contributed by atoms with Gasteiger partial charge in [-0.05, 0) is 74.0 Å². The van der Waals surface area contributed by atoms with Gasteiger partial charge in [-0.15, -0.1) is 0 Å². The van der Waals surface area contributed by atoms with Crippen LogP contribution in [-0.2, 0) is 14.8 Å². The SMILES string of the molecule is CCOC(=O)NS(=O)(=O)c1ccc(C)cc1-c1ccc(-n2nc(C)c(I)c2C)cc1. The highest BCUT2D eigenvalue weighted by atomic mass is 127. The number of aryl methyl sites for hydroxylation is 2. The van der Waals surface area contributed by atoms with Gasteiger partial charge in [0.2, 0.25) is 0 Å². The van der Waals surface area contributed by atoms with E-state index in [2.05, 4.69) is 27.7 Å². The molecule has 0 aliphatic heterocycles. The van der Waals surface area contributed by atoms with E-state index in [0.717, 1.165) is 26.2 Å². The van der Waals surface area contributed by atoms with Gasteiger partial charge in [0.05, 0.1) is 32.1 Å². The summed E-state index contributed by atoms with van der Waals surface area (Å²) in [4.78, 5) is 11.7. The second-order valence-corrected chi connectivity index (χ2v) is 9.50. The Morgan fingerprint density at radius 3 is 2.37 bits per heavy atom. The van der Waals surface area contributed by atoms with Crippen LogP contribution >= 0.6 is 22.6 Å². The lowest BCUT2D eigenvalue weighted by molar-refractivity contribution is 0.158. The van der Waals surface area contributed by atoms with E-state index in [9.17, 15) is 13.2 Å². The first-order valence-corrected chi connectivity index (χ1v) is 11.8. The number of rotatable bonds is 5. The lowest BCUT2D eigenvalue weighted by Crippen LogP contribution is -2.31. The van der Waals surface area contributed by atoms with Gasteiger partial charge in [-0.3, -0.25) is 0 Å². The second-order valence-electron chi connectivity index (χ2n) is 6.77. The molecule has 1 heterocycles. The number of hydrogen-bond donors (Lipinski definition) is 1. The predicted octanol–water partition coefficient (Wildman–Crippen LogP) is 4.50. The average Bonchev–Trinajstić information content (AvgIpc) is 2.95. The van der Waals surface area contributed by atoms with Gasteiger partial charge < -0.3 is 4.74 Å². The van der Waals surface area contributed by atoms with Crippen LogP contribution in [-0.4, -0.2) is 30.9 Å². The van der Waals surface area contributed by atoms with Crippen LogP contribution in [0.25, 0.3) is 16.8 Å². The third-order valence-electron chi connectivity index (χ3n) is 4.54. The molecule has 30 heavy (non-hydrogen) atoms. The van der Waals surface area contributed by atoms with Crippen molar-refractivity contribution in [1.29, 1.82) is 0 Å². The third-order valence-corrected chi connectivity index (χ3v) is 7.48. The normalized spacial score (nSPS) is 11.4. The maximum Gasteiger partial charge on any atom is 0.421 e. The summed E-state index contributed by atoms with van der Waals surface area (Å²) in [5, 5.41) is 4.56. The van der Waals surface area contributed by atoms with E-state index in [4.69, 9.17) is 4.74 Å². The Hall–Kier alpha value is -2.40. The molecular formula is C21H22IN3O4S. The third kappa shape index (κ3) is 4.51. The Balaban J connectivity index is 2.03. The molecule has 0 bridgehead atoms. The molecule has 9 heteroatoms. The Morgan fingerprint density at radius 2 is 1.80 bits per heavy atom. The van der Waals surface area contributed by atoms with Crippen molar-refractivity contribution in [1.82, 2.24) is 14.5 Å². The summed E-state index contributed by atoms with van der Waals surface area (Å²) in [5.74, 6) is 0. The van der Waals surface area contributed by atoms with Gasteiger partial charge in [-0.2, -0.15) is 5.10 Å². The first kappa shape index (κ1) is 22.3. The Kier molecular flexibility index (Phi) is 6.51. The number of nitrogens with one attached hydrogen (secondary N) is 1. The summed E-state index contributed by atoms with van der Waals surface area (Å²) in [7, 11) is -4.09. The predicted molar refractivity (Wildman–Crippen MR) is 123 cm³/mol. The Bertz CT molecular complexity index is 1200. The van der Waals surface area contributed by atoms with Crippen molar-refractivity contribution >= 4 is 38.7 Å². The van der Waals surface area contributed by atoms with Gasteiger partial charge in [0.1, 0.15) is 0 Å². The zero-order valence-electron chi connectivity index (χ0n) is 17.1. The number of nitrogens with zero attached hydrogens (tertiary/aromatic N) is 2. The largest absolute Gasteiger partial charge is 0.449 e. The molecule has 0 aliphatic carbocycles. The molecule has 1 amide bonds. The molecule has 158 valence electrons. The molecule has 0 fully saturated rings. The minimum absolute atomic E-state index is 0.00886. The average molecular weight is 539 g/mol. The van der Waals surface area contributed by atoms with Crippen LogP contribution in [0.1, 0.15) is 23.9 Å². The van der Waals surface area contributed by atoms with Gasteiger partial charge in [-0.25, -0.2) is 22.6 Å². The van der Waals surface area contributed by atoms with E-state index >= 15 is 0 Å². The highest BCUT2D eigenvalue weighted by Gasteiger charge is 2.23. The molecule has 0 saturated heterocycles. The van der Waals surface area contributed by atoms with E-state index in [1.54, 1.807) is 19.1 Å². The van der Waals surface area contributed by atoms with Crippen LogP contribution in [0.4, 0.5) is 4.79 Å². The van der Waals surface area contributed by atoms with Crippen LogP contribution in [0.15, 0.2) is 47.4 Å². The van der Waals surface area contributed by atoms with Crippen molar-refractivity contribution in [3.63, 3.8) is 0 Å². The summed E-state index contributed by atoms with van der Waals surface area (Å²) >= 11 is 2.27. The molecule has 1 aromatic heterocycles. The molecule has 3 aromatic rings. The Labute approximate surface area is 189 Å². The number of carbonyl (C=O) groups excluding carboxylic acids is 1. The second kappa shape index (κ2) is 8.76. The van der Waals surface area contributed by atoms with Crippen molar-refractivity contribution in [3.05, 3.63) is 63.0 Å². The van der Waals surface area contributed by atoms with Crippen molar-refractivity contribution in [2.24, 2.45) is 0 Å². The van der Waals surface area contributed by atoms with Crippen LogP contribution in [0.2, 0.25) is 0 Å². The van der Waals surface area contributed by atoms with Gasteiger partial charge in [0.15, 0.2) is 0 Å². The smallest absolute Gasteiger partial charge is 0.421 e. The maximum atomic E-state index is 12.8. The van der Waals surface area contributed by atoms with Gasteiger partial charge in [-0.1, -0.05) is 29.8 Å². The lowest BCUT2D eigenvalue weighted by Gasteiger charge is -2.13. The monoisotopic (exact) mass is 539 g/mol. The number of hydrogen-bond acceptors (Lipinski definition) is 5. The first-order chi connectivity index (χ1) is 14.1. The molecule has 0 saturated carbocycles. The molecule has 2 aromatic carbocycles. The van der Waals surface area contributed by atoms with E-state index < -0.39 is 16.1 Å². The van der Waals surface area contributed by atoms with Crippen molar-refractivity contribution < 1.29 is 17.9 Å². The number of ether oxygens (including phenoxy) is 1. The first-order valence-electron chi connectivity index (χ1n) is 9.26. The summed E-state index contributed by atoms with van der Waals surface area (Å²) in [5.41, 5.74) is 4.98. The Morgan fingerprint density at radius 1 is 1.13 bits per heavy atom. The molecule has 3 rings (SSSR count). The number of aromatic nitrogens is 2. The summed E-state index contributed by atoms with van der Waals surface area (Å²) < 4.78 is 35.2. The standard InChI is InChI=1S/C21H22IN3O4S/c1-5-29-21(26)24-30(27,28)19-11-6-13(2)12-18(19)16-7-9-17(10-8-16)25-15(4)20(22)14(3)23-25/h6-12H,5H2,1-4H3,(H,24,26). The number of amides is 1. The summed E-state index contributed by atoms with van der Waals surface area (Å²) in [6, 6.07) is 12.4. The molecule has 0 spiro atoms. The highest BCUT2D eigenvalue weighted by molar-refractivity contribution is 14.1. The highest BCUT2D eigenvalue weighted by Crippen LogP contribution is 2.30. The minimum Gasteiger partial charge on any atom is -0.449 e.